The largest absolute Gasteiger partial charge is 0.497 e. The number of carbonyl (C=O) groups is 3. The number of likely N-dealkylation sites (N-methyl/N-ethyl adjacent to an activating group) is 1. The first-order valence-electron chi connectivity index (χ1n) is 9.80. The van der Waals surface area contributed by atoms with Crippen LogP contribution in [-0.2, 0) is 9.53 Å². The van der Waals surface area contributed by atoms with Crippen molar-refractivity contribution in [2.24, 2.45) is 0 Å². The minimum absolute atomic E-state index is 0.0240. The number of aromatic nitrogens is 1. The van der Waals surface area contributed by atoms with Crippen LogP contribution in [0.15, 0.2) is 18.2 Å². The number of methoxy groups -OCH3 is 2. The van der Waals surface area contributed by atoms with Gasteiger partial charge in [0.05, 0.1) is 26.4 Å². The minimum Gasteiger partial charge on any atom is -0.497 e. The maximum Gasteiger partial charge on any atom is 0.340 e. The molecule has 0 aliphatic carbocycles. The highest BCUT2D eigenvalue weighted by molar-refractivity contribution is 6.43. The number of ether oxygens (including phenoxy) is 3. The summed E-state index contributed by atoms with van der Waals surface area (Å²) in [5.41, 5.74) is 1.39. The van der Waals surface area contributed by atoms with Crippen molar-refractivity contribution in [1.82, 2.24) is 9.88 Å². The summed E-state index contributed by atoms with van der Waals surface area (Å²) in [6.07, 6.45) is 0. The van der Waals surface area contributed by atoms with E-state index in [9.17, 15) is 14.4 Å². The molecule has 1 aromatic heterocycles. The monoisotopic (exact) mass is 416 g/mol. The molecule has 8 heteroatoms. The summed E-state index contributed by atoms with van der Waals surface area (Å²) in [5, 5.41) is 0. The van der Waals surface area contributed by atoms with Crippen molar-refractivity contribution >= 4 is 17.7 Å². The standard InChI is InChI=1S/C22H28N2O6/c1-7-24(8-2)21(26)20(25)19-18(17(13(4)23-19)22(27)30-9-3)15-11-10-14(28-5)12-16(15)29-6/h10-12,23H,7-9H2,1-6H3. The number of aromatic amines is 1. The van der Waals surface area contributed by atoms with Crippen LogP contribution in [0.4, 0.5) is 0 Å². The van der Waals surface area contributed by atoms with Gasteiger partial charge in [-0.1, -0.05) is 0 Å². The average Bonchev–Trinajstić information content (AvgIpc) is 3.10. The zero-order valence-electron chi connectivity index (χ0n) is 18.3. The lowest BCUT2D eigenvalue weighted by atomic mass is 9.97. The summed E-state index contributed by atoms with van der Waals surface area (Å²) in [4.78, 5) is 43.0. The summed E-state index contributed by atoms with van der Waals surface area (Å²) in [6.45, 7) is 7.91. The number of nitrogens with one attached hydrogen (secondary N) is 1. The number of carbonyl (C=O) groups excluding carboxylic acids is 3. The Hall–Kier alpha value is -3.29. The summed E-state index contributed by atoms with van der Waals surface area (Å²) in [6, 6.07) is 5.02. The number of hydrogen-bond acceptors (Lipinski definition) is 6. The van der Waals surface area contributed by atoms with Crippen molar-refractivity contribution < 1.29 is 28.6 Å². The molecule has 0 fully saturated rings. The van der Waals surface area contributed by atoms with Crippen molar-refractivity contribution in [3.05, 3.63) is 35.2 Å². The highest BCUT2D eigenvalue weighted by Gasteiger charge is 2.32. The summed E-state index contributed by atoms with van der Waals surface area (Å²) >= 11 is 0. The lowest BCUT2D eigenvalue weighted by Crippen LogP contribution is -2.36. The molecule has 0 radical (unpaired) electrons. The Morgan fingerprint density at radius 1 is 1.03 bits per heavy atom. The van der Waals surface area contributed by atoms with E-state index < -0.39 is 17.7 Å². The first-order chi connectivity index (χ1) is 14.3. The molecule has 2 rings (SSSR count). The lowest BCUT2D eigenvalue weighted by Gasteiger charge is -2.18. The molecule has 0 saturated carbocycles. The van der Waals surface area contributed by atoms with Crippen LogP contribution in [0.3, 0.4) is 0 Å². The van der Waals surface area contributed by atoms with Gasteiger partial charge < -0.3 is 24.1 Å². The van der Waals surface area contributed by atoms with Gasteiger partial charge in [-0.05, 0) is 39.8 Å². The molecule has 0 atom stereocenters. The summed E-state index contributed by atoms with van der Waals surface area (Å²) < 4.78 is 15.9. The van der Waals surface area contributed by atoms with E-state index in [4.69, 9.17) is 14.2 Å². The average molecular weight is 416 g/mol. The molecule has 0 bridgehead atoms. The topological polar surface area (TPSA) is 97.9 Å². The summed E-state index contributed by atoms with van der Waals surface area (Å²) in [7, 11) is 3.00. The van der Waals surface area contributed by atoms with Crippen LogP contribution in [0.25, 0.3) is 11.1 Å². The highest BCUT2D eigenvalue weighted by Crippen LogP contribution is 2.39. The van der Waals surface area contributed by atoms with Crippen molar-refractivity contribution in [2.45, 2.75) is 27.7 Å². The molecule has 0 aliphatic heterocycles. The van der Waals surface area contributed by atoms with Crippen LogP contribution < -0.4 is 9.47 Å². The van der Waals surface area contributed by atoms with E-state index in [1.54, 1.807) is 45.9 Å². The zero-order chi connectivity index (χ0) is 22.4. The van der Waals surface area contributed by atoms with Gasteiger partial charge in [-0.25, -0.2) is 4.79 Å². The van der Waals surface area contributed by atoms with Gasteiger partial charge in [-0.2, -0.15) is 0 Å². The van der Waals surface area contributed by atoms with Crippen molar-refractivity contribution in [3.8, 4) is 22.6 Å². The predicted molar refractivity (Wildman–Crippen MR) is 112 cm³/mol. The molecular formula is C22H28N2O6. The van der Waals surface area contributed by atoms with E-state index in [-0.39, 0.29) is 23.4 Å². The van der Waals surface area contributed by atoms with E-state index in [2.05, 4.69) is 4.98 Å². The van der Waals surface area contributed by atoms with E-state index in [0.717, 1.165) is 0 Å². The zero-order valence-corrected chi connectivity index (χ0v) is 18.3. The first kappa shape index (κ1) is 23.0. The van der Waals surface area contributed by atoms with Crippen LogP contribution in [0.5, 0.6) is 11.5 Å². The Labute approximate surface area is 176 Å². The van der Waals surface area contributed by atoms with Gasteiger partial charge in [0.2, 0.25) is 0 Å². The van der Waals surface area contributed by atoms with Crippen LogP contribution >= 0.6 is 0 Å². The lowest BCUT2D eigenvalue weighted by molar-refractivity contribution is -0.126. The number of Topliss-reactive ketones (excluding diaryl/α,β-unsaturated/α-hetero) is 1. The second-order valence-corrected chi connectivity index (χ2v) is 6.47. The van der Waals surface area contributed by atoms with Gasteiger partial charge in [-0.15, -0.1) is 0 Å². The molecular weight excluding hydrogens is 388 g/mol. The SMILES string of the molecule is CCOC(=O)c1c(C)[nH]c(C(=O)C(=O)N(CC)CC)c1-c1ccc(OC)cc1OC. The number of esters is 1. The fraction of sp³-hybridized carbons (Fsp3) is 0.409. The quantitative estimate of drug-likeness (QED) is 0.383. The van der Waals surface area contributed by atoms with Gasteiger partial charge in [-0.3, -0.25) is 9.59 Å². The predicted octanol–water partition coefficient (Wildman–Crippen LogP) is 3.24. The Kier molecular flexibility index (Phi) is 7.63. The number of amides is 1. The van der Waals surface area contributed by atoms with Crippen LogP contribution in [0.1, 0.15) is 47.3 Å². The molecule has 1 aromatic carbocycles. The van der Waals surface area contributed by atoms with Crippen LogP contribution in [-0.4, -0.2) is 61.5 Å². The molecule has 0 saturated heterocycles. The number of H-pyrrole nitrogens is 1. The molecule has 1 N–H and O–H groups in total. The second kappa shape index (κ2) is 9.96. The fourth-order valence-electron chi connectivity index (χ4n) is 3.29. The third-order valence-electron chi connectivity index (χ3n) is 4.82. The third kappa shape index (κ3) is 4.32. The van der Waals surface area contributed by atoms with Gasteiger partial charge in [0.25, 0.3) is 11.7 Å². The maximum atomic E-state index is 13.1. The number of ketones is 1. The van der Waals surface area contributed by atoms with E-state index in [0.29, 0.717) is 35.8 Å². The smallest absolute Gasteiger partial charge is 0.340 e. The van der Waals surface area contributed by atoms with Gasteiger partial charge in [0, 0.05) is 36.0 Å². The third-order valence-corrected chi connectivity index (χ3v) is 4.82. The number of rotatable bonds is 9. The number of aryl methyl sites for hydroxylation is 1. The minimum atomic E-state index is -0.731. The highest BCUT2D eigenvalue weighted by atomic mass is 16.5. The van der Waals surface area contributed by atoms with Crippen molar-refractivity contribution in [3.63, 3.8) is 0 Å². The molecule has 0 unspecified atom stereocenters. The molecule has 8 nitrogen and oxygen atoms in total. The maximum absolute atomic E-state index is 13.1. The first-order valence-corrected chi connectivity index (χ1v) is 9.80. The molecule has 0 spiro atoms. The molecule has 0 aliphatic rings. The summed E-state index contributed by atoms with van der Waals surface area (Å²) in [5.74, 6) is -1.03. The fourth-order valence-corrected chi connectivity index (χ4v) is 3.29. The van der Waals surface area contributed by atoms with Gasteiger partial charge in [0.1, 0.15) is 17.2 Å². The molecule has 2 aromatic rings. The Morgan fingerprint density at radius 2 is 1.70 bits per heavy atom. The number of hydrogen-bond donors (Lipinski definition) is 1. The Bertz CT molecular complexity index is 943. The Balaban J connectivity index is 2.77. The van der Waals surface area contributed by atoms with Crippen molar-refractivity contribution in [1.29, 1.82) is 0 Å². The molecule has 162 valence electrons. The second-order valence-electron chi connectivity index (χ2n) is 6.47. The molecule has 1 amide bonds. The normalized spacial score (nSPS) is 10.5. The number of nitrogens with zero attached hydrogens (tertiary/aromatic N) is 1. The van der Waals surface area contributed by atoms with E-state index >= 15 is 0 Å². The molecule has 1 heterocycles. The number of benzene rings is 1. The van der Waals surface area contributed by atoms with Gasteiger partial charge in [0.15, 0.2) is 0 Å². The van der Waals surface area contributed by atoms with E-state index in [1.165, 1.54) is 19.1 Å². The van der Waals surface area contributed by atoms with Crippen LogP contribution in [0, 0.1) is 6.92 Å². The Morgan fingerprint density at radius 3 is 2.23 bits per heavy atom. The van der Waals surface area contributed by atoms with Crippen molar-refractivity contribution in [2.75, 3.05) is 33.9 Å². The van der Waals surface area contributed by atoms with E-state index in [1.807, 2.05) is 0 Å². The molecule has 30 heavy (non-hydrogen) atoms. The van der Waals surface area contributed by atoms with Gasteiger partial charge >= 0.3 is 5.97 Å². The van der Waals surface area contributed by atoms with Crippen LogP contribution in [0.2, 0.25) is 0 Å².